The molecule has 0 unspecified atom stereocenters. The molecule has 366 valence electrons. The lowest BCUT2D eigenvalue weighted by molar-refractivity contribution is 0.462. The van der Waals surface area contributed by atoms with Crippen LogP contribution >= 0.6 is 47.2 Å². The van der Waals surface area contributed by atoms with Crippen LogP contribution in [0.5, 0.6) is 23.0 Å². The zero-order valence-electron chi connectivity index (χ0n) is 42.0. The van der Waals surface area contributed by atoms with Crippen LogP contribution in [-0.2, 0) is 0 Å². The molecule has 0 spiro atoms. The number of furan rings is 2. The van der Waals surface area contributed by atoms with Gasteiger partial charge in [-0.25, -0.2) is 0 Å². The molecule has 11 aromatic rings. The fourth-order valence-electron chi connectivity index (χ4n) is 13.4. The van der Waals surface area contributed by atoms with E-state index in [9.17, 15) is 0 Å². The van der Waals surface area contributed by atoms with E-state index in [0.717, 1.165) is 140 Å². The fourth-order valence-corrected chi connectivity index (χ4v) is 15.4. The number of ether oxygens (including phenoxy) is 2. The Bertz CT molecular complexity index is 4400. The van der Waals surface area contributed by atoms with Crippen molar-refractivity contribution in [1.29, 1.82) is 0 Å². The summed E-state index contributed by atoms with van der Waals surface area (Å²) in [4.78, 5) is 8.28. The van der Waals surface area contributed by atoms with Crippen LogP contribution < -0.4 is 78.5 Å². The van der Waals surface area contributed by atoms with Gasteiger partial charge in [-0.2, -0.15) is 0 Å². The van der Waals surface area contributed by atoms with Gasteiger partial charge in [0.05, 0.1) is 34.1 Å². The van der Waals surface area contributed by atoms with Gasteiger partial charge in [-0.05, 0) is 148 Å². The lowest BCUT2D eigenvalue weighted by Gasteiger charge is -2.43. The molecule has 2 aromatic heterocycles. The third kappa shape index (κ3) is 6.11. The highest BCUT2D eigenvalue weighted by Crippen LogP contribution is 2.50. The summed E-state index contributed by atoms with van der Waals surface area (Å²) in [6.45, 7) is -0.684. The average Bonchev–Trinajstić information content (AvgIpc) is 4.29. The first-order chi connectivity index (χ1) is 38.0. The minimum absolute atomic E-state index is 0.222. The Morgan fingerprint density at radius 3 is 1.51 bits per heavy atom. The summed E-state index contributed by atoms with van der Waals surface area (Å²) in [5.74, 6) is 3.27. The Balaban J connectivity index is 0.916. The number of para-hydroxylation sites is 4. The molecule has 15 heteroatoms. The van der Waals surface area contributed by atoms with Crippen molar-refractivity contribution in [2.45, 2.75) is 14.7 Å². The van der Waals surface area contributed by atoms with Gasteiger partial charge in [0, 0.05) is 83.4 Å². The zero-order chi connectivity index (χ0) is 50.9. The van der Waals surface area contributed by atoms with Crippen molar-refractivity contribution >= 4 is 196 Å². The van der Waals surface area contributed by atoms with Gasteiger partial charge in [0.15, 0.2) is 0 Å². The lowest BCUT2D eigenvalue weighted by atomic mass is 9.30. The summed E-state index contributed by atoms with van der Waals surface area (Å²) in [7, 11) is 0. The Labute approximate surface area is 462 Å². The second-order valence-corrected chi connectivity index (χ2v) is 23.6. The summed E-state index contributed by atoms with van der Waals surface area (Å²) in [6, 6.07) is 61.6. The normalized spacial score (nSPS) is 14.3. The number of fused-ring (bicyclic) bond motifs is 16. The number of thioether (sulfide) groups is 3. The van der Waals surface area contributed by atoms with Crippen LogP contribution in [0.25, 0.3) is 21.9 Å². The van der Waals surface area contributed by atoms with E-state index in [2.05, 4.69) is 214 Å². The maximum absolute atomic E-state index is 7.25. The van der Waals surface area contributed by atoms with Gasteiger partial charge in [0.1, 0.15) is 34.2 Å². The maximum atomic E-state index is 7.25. The number of rotatable bonds is 6. The molecule has 0 saturated carbocycles. The third-order valence-electron chi connectivity index (χ3n) is 16.5. The quantitative estimate of drug-likeness (QED) is 0.0980. The van der Waals surface area contributed by atoms with Gasteiger partial charge in [0.2, 0.25) is 0 Å². The third-order valence-corrected chi connectivity index (χ3v) is 19.4. The molecule has 0 bridgehead atoms. The van der Waals surface area contributed by atoms with E-state index >= 15 is 0 Å². The number of hydrogen-bond donors (Lipinski definition) is 1. The molecule has 1 N–H and O–H groups in total. The fraction of sp³-hybridized carbons (Fsp3) is 0.0645. The first kappa shape index (κ1) is 44.6. The molecule has 0 amide bonds. The van der Waals surface area contributed by atoms with E-state index < -0.39 is 0 Å². The predicted molar refractivity (Wildman–Crippen MR) is 330 cm³/mol. The highest BCUT2D eigenvalue weighted by Gasteiger charge is 2.51. The van der Waals surface area contributed by atoms with Crippen LogP contribution in [0.4, 0.5) is 56.9 Å². The topological polar surface area (TPSA) is 66.5 Å². The van der Waals surface area contributed by atoms with Gasteiger partial charge in [-0.3, -0.25) is 4.31 Å². The molecule has 17 rings (SSSR count). The van der Waals surface area contributed by atoms with Crippen molar-refractivity contribution < 1.29 is 18.3 Å². The van der Waals surface area contributed by atoms with E-state index in [0.29, 0.717) is 0 Å². The van der Waals surface area contributed by atoms with Crippen molar-refractivity contribution in [3.63, 3.8) is 0 Å². The van der Waals surface area contributed by atoms with E-state index in [4.69, 9.17) is 18.3 Å². The Morgan fingerprint density at radius 2 is 0.909 bits per heavy atom. The second kappa shape index (κ2) is 16.5. The number of anilines is 10. The highest BCUT2D eigenvalue weighted by molar-refractivity contribution is 8.00. The van der Waals surface area contributed by atoms with Gasteiger partial charge >= 0.3 is 0 Å². The van der Waals surface area contributed by atoms with Crippen molar-refractivity contribution in [3.05, 3.63) is 170 Å². The standard InChI is InChI=1S/C62H41B3N4O4S4/c1-74-35-23-45-56-47(24-35)67(33-15-7-5-8-16-33)59-38-19-11-13-21-50(38)72-61(59)64(56)40-29-42-52(31-44(40)66-45)70-54-27-37(76-3)28-55-58(54)63(42)43-30-41-46(32-53(43)71-55)69(77-4)49-26-36(75-2)25-48-57(49)65(41)62-60(39-20-12-14-22-51(39)73-62)68(48)34-17-9-6-10-18-34/h5-32,66H,1-4H3. The Hall–Kier alpha value is -7.55. The monoisotopic (exact) mass is 1070 g/mol. The molecule has 0 saturated heterocycles. The summed E-state index contributed by atoms with van der Waals surface area (Å²) in [5.41, 5.74) is 22.4. The summed E-state index contributed by atoms with van der Waals surface area (Å²) >= 11 is 6.94. The smallest absolute Gasteiger partial charge is 0.297 e. The van der Waals surface area contributed by atoms with E-state index in [1.165, 1.54) is 26.2 Å². The van der Waals surface area contributed by atoms with E-state index in [1.807, 2.05) is 0 Å². The molecule has 6 aliphatic heterocycles. The SMILES string of the molecule is CSc1cc2c3c(c1)Oc1cc4c(cc1B3c1cc3c(cc1O2)Nc1cc(SC)cc2c1B3c1oc3ccccc3c1N2c1ccccc1)B1c2oc3ccccc3c2N(c2ccccc2)c2cc(SC)cc(c21)N4SC. The summed E-state index contributed by atoms with van der Waals surface area (Å²) in [5, 5.41) is 6.14. The van der Waals surface area contributed by atoms with Crippen molar-refractivity contribution in [2.24, 2.45) is 0 Å². The molecular weight excluding hydrogens is 1030 g/mol. The Kier molecular flexibility index (Phi) is 9.54. The summed E-state index contributed by atoms with van der Waals surface area (Å²) < 4.78 is 31.3. The number of nitrogens with zero attached hydrogens (tertiary/aromatic N) is 3. The minimum Gasteiger partial charge on any atom is -0.468 e. The number of benzene rings is 9. The first-order valence-corrected chi connectivity index (χ1v) is 30.6. The van der Waals surface area contributed by atoms with E-state index in [1.54, 1.807) is 47.2 Å². The van der Waals surface area contributed by atoms with Gasteiger partial charge in [-0.1, -0.05) is 72.8 Å². The lowest BCUT2D eigenvalue weighted by Crippen LogP contribution is -2.64. The molecule has 77 heavy (non-hydrogen) atoms. The van der Waals surface area contributed by atoms with Gasteiger partial charge in [-0.15, -0.1) is 35.3 Å². The van der Waals surface area contributed by atoms with Crippen LogP contribution in [0.2, 0.25) is 0 Å². The molecule has 0 atom stereocenters. The van der Waals surface area contributed by atoms with Crippen molar-refractivity contribution in [1.82, 2.24) is 0 Å². The minimum atomic E-state index is -0.236. The summed E-state index contributed by atoms with van der Waals surface area (Å²) in [6.07, 6.45) is 8.61. The molecule has 8 heterocycles. The molecule has 6 aliphatic rings. The molecule has 0 radical (unpaired) electrons. The molecule has 8 nitrogen and oxygen atoms in total. The Morgan fingerprint density at radius 1 is 0.403 bits per heavy atom. The number of nitrogens with one attached hydrogen (secondary N) is 1. The van der Waals surface area contributed by atoms with Gasteiger partial charge < -0.3 is 33.4 Å². The van der Waals surface area contributed by atoms with E-state index in [-0.39, 0.29) is 20.1 Å². The molecule has 0 fully saturated rings. The largest absolute Gasteiger partial charge is 0.468 e. The number of hydrogen-bond acceptors (Lipinski definition) is 12. The molecule has 0 aliphatic carbocycles. The van der Waals surface area contributed by atoms with Crippen LogP contribution in [0.3, 0.4) is 0 Å². The van der Waals surface area contributed by atoms with Crippen LogP contribution in [0.1, 0.15) is 0 Å². The van der Waals surface area contributed by atoms with Crippen molar-refractivity contribution in [3.8, 4) is 23.0 Å². The van der Waals surface area contributed by atoms with Crippen LogP contribution in [-0.4, -0.2) is 45.2 Å². The first-order valence-electron chi connectivity index (χ1n) is 25.7. The van der Waals surface area contributed by atoms with Crippen molar-refractivity contribution in [2.75, 3.05) is 44.4 Å². The molecule has 9 aromatic carbocycles. The zero-order valence-corrected chi connectivity index (χ0v) is 45.3. The maximum Gasteiger partial charge on any atom is 0.297 e. The van der Waals surface area contributed by atoms with Crippen LogP contribution in [0.15, 0.2) is 193 Å². The average molecular weight is 1070 g/mol. The predicted octanol–water partition coefficient (Wildman–Crippen LogP) is 11.5. The molecular formula is C62H41B3N4O4S4. The van der Waals surface area contributed by atoms with Gasteiger partial charge in [0.25, 0.3) is 20.1 Å². The van der Waals surface area contributed by atoms with Crippen LogP contribution in [0, 0.1) is 0 Å². The highest BCUT2D eigenvalue weighted by atomic mass is 32.2. The second-order valence-electron chi connectivity index (χ2n) is 20.2.